The minimum absolute atomic E-state index is 0.0111. The van der Waals surface area contributed by atoms with Crippen LogP contribution in [0.1, 0.15) is 5.56 Å². The molecule has 0 radical (unpaired) electrons. The van der Waals surface area contributed by atoms with E-state index in [2.05, 4.69) is 9.55 Å². The smallest absolute Gasteiger partial charge is 0.180 e. The Kier molecular flexibility index (Phi) is 3.50. The zero-order valence-corrected chi connectivity index (χ0v) is 13.3. The van der Waals surface area contributed by atoms with Crippen LogP contribution in [-0.2, 0) is 6.54 Å². The topological polar surface area (TPSA) is 44.1 Å². The van der Waals surface area contributed by atoms with E-state index in [1.54, 1.807) is 25.3 Å². The van der Waals surface area contributed by atoms with Crippen LogP contribution in [0.25, 0.3) is 22.4 Å². The summed E-state index contributed by atoms with van der Waals surface area (Å²) in [5, 5.41) is 0. The molecule has 0 fully saturated rings. The lowest BCUT2D eigenvalue weighted by Crippen LogP contribution is -2.11. The average molecular weight is 316 g/mol. The predicted molar refractivity (Wildman–Crippen MR) is 94.7 cm³/mol. The fraction of sp³-hybridized carbons (Fsp3) is 0.100. The van der Waals surface area contributed by atoms with Crippen molar-refractivity contribution in [3.05, 3.63) is 82.5 Å². The van der Waals surface area contributed by atoms with E-state index in [4.69, 9.17) is 4.74 Å². The van der Waals surface area contributed by atoms with Gasteiger partial charge in [0, 0.05) is 12.6 Å². The normalized spacial score (nSPS) is 11.0. The molecule has 1 heterocycles. The summed E-state index contributed by atoms with van der Waals surface area (Å²) >= 11 is 0. The second-order valence-electron chi connectivity index (χ2n) is 5.69. The van der Waals surface area contributed by atoms with Crippen molar-refractivity contribution in [1.29, 1.82) is 0 Å². The summed E-state index contributed by atoms with van der Waals surface area (Å²) in [6, 6.07) is 20.9. The van der Waals surface area contributed by atoms with Crippen molar-refractivity contribution in [1.82, 2.24) is 9.55 Å². The Bertz CT molecular complexity index is 1040. The Labute approximate surface area is 139 Å². The maximum Gasteiger partial charge on any atom is 0.180 e. The first-order valence-corrected chi connectivity index (χ1v) is 7.77. The summed E-state index contributed by atoms with van der Waals surface area (Å²) in [6.45, 7) is 0.660. The molecule has 2 aromatic carbocycles. The van der Waals surface area contributed by atoms with Gasteiger partial charge >= 0.3 is 0 Å². The van der Waals surface area contributed by atoms with Gasteiger partial charge in [-0.25, -0.2) is 4.98 Å². The van der Waals surface area contributed by atoms with E-state index in [0.717, 1.165) is 33.7 Å². The number of fused-ring (bicyclic) bond motifs is 2. The molecule has 2 aliphatic rings. The Morgan fingerprint density at radius 2 is 1.79 bits per heavy atom. The molecule has 0 atom stereocenters. The highest BCUT2D eigenvalue weighted by Gasteiger charge is 2.13. The zero-order valence-electron chi connectivity index (χ0n) is 13.3. The van der Waals surface area contributed by atoms with Crippen LogP contribution >= 0.6 is 0 Å². The molecule has 1 aliphatic carbocycles. The van der Waals surface area contributed by atoms with E-state index in [1.165, 1.54) is 0 Å². The van der Waals surface area contributed by atoms with Gasteiger partial charge in [-0.15, -0.1) is 0 Å². The van der Waals surface area contributed by atoms with E-state index >= 15 is 0 Å². The van der Waals surface area contributed by atoms with Gasteiger partial charge in [-0.2, -0.15) is 0 Å². The summed E-state index contributed by atoms with van der Waals surface area (Å²) in [6.07, 6.45) is 0. The van der Waals surface area contributed by atoms with Crippen LogP contribution in [0, 0.1) is 0 Å². The molecule has 0 aromatic heterocycles. The molecule has 24 heavy (non-hydrogen) atoms. The number of para-hydroxylation sites is 2. The van der Waals surface area contributed by atoms with Crippen LogP contribution in [-0.4, -0.2) is 16.7 Å². The van der Waals surface area contributed by atoms with Crippen molar-refractivity contribution in [2.45, 2.75) is 6.54 Å². The molecule has 118 valence electrons. The predicted octanol–water partition coefficient (Wildman–Crippen LogP) is 3.56. The second-order valence-corrected chi connectivity index (χ2v) is 5.69. The van der Waals surface area contributed by atoms with E-state index in [1.807, 2.05) is 48.5 Å². The number of rotatable bonds is 3. The first-order chi connectivity index (χ1) is 11.7. The summed E-state index contributed by atoms with van der Waals surface area (Å²) in [5.74, 6) is 0.829. The van der Waals surface area contributed by atoms with Crippen molar-refractivity contribution in [2.24, 2.45) is 0 Å². The van der Waals surface area contributed by atoms with Gasteiger partial charge in [0.05, 0.1) is 29.5 Å². The van der Waals surface area contributed by atoms with Gasteiger partial charge in [-0.1, -0.05) is 24.3 Å². The standard InChI is InChI=1S/C20H16N2O2/c1-24-16-9-6-14(7-10-16)13-22-19-5-3-2-4-17(19)21-18-11-8-15(23)12-20(18)22/h2-12H,13H2,1H3. The molecule has 0 unspecified atom stereocenters. The van der Waals surface area contributed by atoms with Crippen LogP contribution in [0.15, 0.2) is 71.5 Å². The molecular formula is C20H16N2O2. The van der Waals surface area contributed by atoms with Gasteiger partial charge < -0.3 is 9.30 Å². The number of hydrogen-bond acceptors (Lipinski definition) is 3. The van der Waals surface area contributed by atoms with Crippen LogP contribution in [0.4, 0.5) is 0 Å². The Morgan fingerprint density at radius 3 is 2.58 bits per heavy atom. The number of nitrogens with zero attached hydrogens (tertiary/aromatic N) is 2. The SMILES string of the molecule is COc1ccc(Cn2c3cc(=O)ccc-3nc3ccccc32)cc1. The third-order valence-electron chi connectivity index (χ3n) is 4.15. The van der Waals surface area contributed by atoms with E-state index in [0.29, 0.717) is 6.54 Å². The van der Waals surface area contributed by atoms with Crippen molar-refractivity contribution < 1.29 is 4.74 Å². The molecule has 4 nitrogen and oxygen atoms in total. The number of ether oxygens (including phenoxy) is 1. The number of benzene rings is 3. The highest BCUT2D eigenvalue weighted by Crippen LogP contribution is 2.25. The lowest BCUT2D eigenvalue weighted by atomic mass is 10.1. The molecule has 4 rings (SSSR count). The van der Waals surface area contributed by atoms with E-state index in [9.17, 15) is 4.79 Å². The van der Waals surface area contributed by atoms with Crippen molar-refractivity contribution in [3.8, 4) is 17.1 Å². The fourth-order valence-corrected chi connectivity index (χ4v) is 2.94. The average Bonchev–Trinajstić information content (AvgIpc) is 2.62. The molecule has 2 aromatic rings. The van der Waals surface area contributed by atoms with Crippen LogP contribution < -0.4 is 10.2 Å². The molecule has 0 spiro atoms. The van der Waals surface area contributed by atoms with Gasteiger partial charge in [0.2, 0.25) is 0 Å². The van der Waals surface area contributed by atoms with Gasteiger partial charge in [-0.05, 0) is 42.0 Å². The zero-order chi connectivity index (χ0) is 16.5. The lowest BCUT2D eigenvalue weighted by molar-refractivity contribution is 0.414. The Balaban J connectivity index is 1.93. The molecule has 0 bridgehead atoms. The monoisotopic (exact) mass is 316 g/mol. The maximum atomic E-state index is 11.9. The molecule has 4 heteroatoms. The van der Waals surface area contributed by atoms with Crippen LogP contribution in [0.2, 0.25) is 0 Å². The number of methoxy groups -OCH3 is 1. The minimum Gasteiger partial charge on any atom is -0.497 e. The van der Waals surface area contributed by atoms with Gasteiger partial charge in [0.15, 0.2) is 5.43 Å². The van der Waals surface area contributed by atoms with E-state index < -0.39 is 0 Å². The quantitative estimate of drug-likeness (QED) is 0.543. The highest BCUT2D eigenvalue weighted by molar-refractivity contribution is 5.80. The minimum atomic E-state index is -0.0111. The summed E-state index contributed by atoms with van der Waals surface area (Å²) in [5.41, 5.74) is 4.71. The molecule has 0 saturated heterocycles. The third kappa shape index (κ3) is 2.52. The van der Waals surface area contributed by atoms with Crippen molar-refractivity contribution in [2.75, 3.05) is 7.11 Å². The highest BCUT2D eigenvalue weighted by atomic mass is 16.5. The van der Waals surface area contributed by atoms with Crippen LogP contribution in [0.3, 0.4) is 0 Å². The van der Waals surface area contributed by atoms with Crippen LogP contribution in [0.5, 0.6) is 5.75 Å². The number of aromatic nitrogens is 2. The number of hydrogen-bond donors (Lipinski definition) is 0. The Hall–Kier alpha value is -3.14. The largest absolute Gasteiger partial charge is 0.497 e. The fourth-order valence-electron chi connectivity index (χ4n) is 2.94. The Morgan fingerprint density at radius 1 is 1.00 bits per heavy atom. The van der Waals surface area contributed by atoms with Crippen molar-refractivity contribution in [3.63, 3.8) is 0 Å². The molecule has 0 amide bonds. The summed E-state index contributed by atoms with van der Waals surface area (Å²) in [4.78, 5) is 16.5. The van der Waals surface area contributed by atoms with Gasteiger partial charge in [0.25, 0.3) is 0 Å². The first-order valence-electron chi connectivity index (χ1n) is 7.77. The van der Waals surface area contributed by atoms with Crippen molar-refractivity contribution >= 4 is 11.0 Å². The molecular weight excluding hydrogens is 300 g/mol. The first kappa shape index (κ1) is 14.5. The molecule has 0 saturated carbocycles. The molecule has 1 aliphatic heterocycles. The second kappa shape index (κ2) is 5.81. The summed E-state index contributed by atoms with van der Waals surface area (Å²) in [7, 11) is 1.66. The van der Waals surface area contributed by atoms with E-state index in [-0.39, 0.29) is 5.43 Å². The van der Waals surface area contributed by atoms with Gasteiger partial charge in [-0.3, -0.25) is 4.79 Å². The maximum absolute atomic E-state index is 11.9. The lowest BCUT2D eigenvalue weighted by Gasteiger charge is -2.18. The molecule has 0 N–H and O–H groups in total. The summed E-state index contributed by atoms with van der Waals surface area (Å²) < 4.78 is 7.36. The van der Waals surface area contributed by atoms with Gasteiger partial charge in [0.1, 0.15) is 5.75 Å². The third-order valence-corrected chi connectivity index (χ3v) is 4.15.